The molecule has 1 aromatic heterocycles. The van der Waals surface area contributed by atoms with Crippen molar-refractivity contribution < 1.29 is 24.3 Å². The number of carboxylic acids is 1. The van der Waals surface area contributed by atoms with Gasteiger partial charge >= 0.3 is 5.97 Å². The average Bonchev–Trinajstić information content (AvgIpc) is 2.87. The summed E-state index contributed by atoms with van der Waals surface area (Å²) in [5, 5.41) is 14.8. The molecule has 2 amide bonds. The first kappa shape index (κ1) is 27.0. The summed E-state index contributed by atoms with van der Waals surface area (Å²) in [6.07, 6.45) is 6.68. The molecule has 0 bridgehead atoms. The summed E-state index contributed by atoms with van der Waals surface area (Å²) < 4.78 is 0. The highest BCUT2D eigenvalue weighted by Gasteiger charge is 2.31. The SMILES string of the molecule is O=C(O)CC(NC(=O)CN1CCCC(CCc2ccncc2)C1=O)C(=O)CNCCc1ccccc1. The molecule has 0 aliphatic carbocycles. The fourth-order valence-corrected chi connectivity index (χ4v) is 4.38. The Morgan fingerprint density at radius 3 is 2.50 bits per heavy atom. The van der Waals surface area contributed by atoms with Gasteiger partial charge in [-0.05, 0) is 61.9 Å². The zero-order valence-corrected chi connectivity index (χ0v) is 20.4. The van der Waals surface area contributed by atoms with Gasteiger partial charge in [-0.15, -0.1) is 0 Å². The normalized spacial score (nSPS) is 16.4. The van der Waals surface area contributed by atoms with Crippen molar-refractivity contribution in [2.45, 2.75) is 44.6 Å². The van der Waals surface area contributed by atoms with Crippen molar-refractivity contribution in [2.24, 2.45) is 5.92 Å². The zero-order valence-electron chi connectivity index (χ0n) is 20.4. The number of pyridine rings is 1. The minimum absolute atomic E-state index is 0.0508. The molecule has 2 atom stereocenters. The molecule has 1 aliphatic rings. The zero-order chi connectivity index (χ0) is 25.8. The smallest absolute Gasteiger partial charge is 0.305 e. The fraction of sp³-hybridized carbons (Fsp3) is 0.444. The first-order chi connectivity index (χ1) is 17.4. The summed E-state index contributed by atoms with van der Waals surface area (Å²) in [6.45, 7) is 0.781. The minimum Gasteiger partial charge on any atom is -0.481 e. The lowest BCUT2D eigenvalue weighted by atomic mass is 9.91. The van der Waals surface area contributed by atoms with E-state index in [4.69, 9.17) is 0 Å². The van der Waals surface area contributed by atoms with Crippen LogP contribution in [0.4, 0.5) is 0 Å². The maximum absolute atomic E-state index is 12.9. The molecule has 2 aromatic rings. The Hall–Kier alpha value is -3.59. The third-order valence-corrected chi connectivity index (χ3v) is 6.34. The number of nitrogens with one attached hydrogen (secondary N) is 2. The number of piperidine rings is 1. The van der Waals surface area contributed by atoms with Crippen LogP contribution < -0.4 is 10.6 Å². The highest BCUT2D eigenvalue weighted by Crippen LogP contribution is 2.22. The maximum Gasteiger partial charge on any atom is 0.305 e. The number of nitrogens with zero attached hydrogens (tertiary/aromatic N) is 2. The predicted molar refractivity (Wildman–Crippen MR) is 134 cm³/mol. The Bertz CT molecular complexity index is 1020. The van der Waals surface area contributed by atoms with Gasteiger partial charge in [-0.2, -0.15) is 0 Å². The molecular formula is C27H34N4O5. The number of hydrogen-bond donors (Lipinski definition) is 3. The van der Waals surface area contributed by atoms with E-state index < -0.39 is 30.1 Å². The van der Waals surface area contributed by atoms with Crippen molar-refractivity contribution in [3.8, 4) is 0 Å². The summed E-state index contributed by atoms with van der Waals surface area (Å²) in [7, 11) is 0. The number of rotatable bonds is 14. The number of carbonyl (C=O) groups excluding carboxylic acids is 3. The number of carboxylic acid groups (broad SMARTS) is 1. The van der Waals surface area contributed by atoms with Crippen LogP contribution in [-0.2, 0) is 32.0 Å². The fourth-order valence-electron chi connectivity index (χ4n) is 4.38. The van der Waals surface area contributed by atoms with Gasteiger partial charge in [0.25, 0.3) is 0 Å². The van der Waals surface area contributed by atoms with E-state index in [9.17, 15) is 24.3 Å². The number of aliphatic carboxylic acids is 1. The lowest BCUT2D eigenvalue weighted by Crippen LogP contribution is -2.51. The van der Waals surface area contributed by atoms with Crippen LogP contribution in [0.1, 0.15) is 36.8 Å². The number of hydrogen-bond acceptors (Lipinski definition) is 6. The maximum atomic E-state index is 12.9. The first-order valence-electron chi connectivity index (χ1n) is 12.4. The van der Waals surface area contributed by atoms with Gasteiger partial charge in [-0.1, -0.05) is 30.3 Å². The number of benzene rings is 1. The number of aromatic nitrogens is 1. The predicted octanol–water partition coefficient (Wildman–Crippen LogP) is 1.61. The number of likely N-dealkylation sites (tertiary alicyclic amines) is 1. The quantitative estimate of drug-likeness (QED) is 0.340. The minimum atomic E-state index is -1.18. The molecule has 9 nitrogen and oxygen atoms in total. The second kappa shape index (κ2) is 14.1. The highest BCUT2D eigenvalue weighted by atomic mass is 16.4. The third-order valence-electron chi connectivity index (χ3n) is 6.34. The molecule has 0 saturated carbocycles. The van der Waals surface area contributed by atoms with Gasteiger partial charge in [-0.25, -0.2) is 0 Å². The summed E-state index contributed by atoms with van der Waals surface area (Å²) >= 11 is 0. The summed E-state index contributed by atoms with van der Waals surface area (Å²) in [6, 6.07) is 12.5. The van der Waals surface area contributed by atoms with Crippen LogP contribution in [0.15, 0.2) is 54.9 Å². The summed E-state index contributed by atoms with van der Waals surface area (Å²) in [5.41, 5.74) is 2.23. The van der Waals surface area contributed by atoms with E-state index in [0.717, 1.165) is 36.8 Å². The molecule has 2 unspecified atom stereocenters. The van der Waals surface area contributed by atoms with Crippen LogP contribution in [0, 0.1) is 5.92 Å². The standard InChI is InChI=1S/C27H34N4O5/c32-24(18-29-15-12-20-5-2-1-3-6-20)23(17-26(34)35)30-25(33)19-31-16-4-7-22(27(31)36)9-8-21-10-13-28-14-11-21/h1-3,5-6,10-11,13-14,22-23,29H,4,7-9,12,15-19H2,(H,30,33)(H,34,35). The van der Waals surface area contributed by atoms with E-state index in [2.05, 4.69) is 15.6 Å². The van der Waals surface area contributed by atoms with Crippen LogP contribution in [0.3, 0.4) is 0 Å². The molecule has 1 fully saturated rings. The Balaban J connectivity index is 1.46. The van der Waals surface area contributed by atoms with Crippen molar-refractivity contribution >= 4 is 23.6 Å². The van der Waals surface area contributed by atoms with Crippen LogP contribution >= 0.6 is 0 Å². The molecule has 3 rings (SSSR count). The molecule has 1 aromatic carbocycles. The van der Waals surface area contributed by atoms with Gasteiger partial charge in [0.1, 0.15) is 0 Å². The van der Waals surface area contributed by atoms with Gasteiger partial charge in [-0.3, -0.25) is 24.2 Å². The van der Waals surface area contributed by atoms with Gasteiger partial charge < -0.3 is 20.6 Å². The molecule has 0 radical (unpaired) electrons. The van der Waals surface area contributed by atoms with E-state index in [0.29, 0.717) is 19.5 Å². The van der Waals surface area contributed by atoms with Crippen LogP contribution in [0.2, 0.25) is 0 Å². The van der Waals surface area contributed by atoms with Crippen molar-refractivity contribution in [1.82, 2.24) is 20.5 Å². The molecule has 1 saturated heterocycles. The molecular weight excluding hydrogens is 460 g/mol. The van der Waals surface area contributed by atoms with Crippen LogP contribution in [0.25, 0.3) is 0 Å². The van der Waals surface area contributed by atoms with Crippen molar-refractivity contribution in [2.75, 3.05) is 26.2 Å². The van der Waals surface area contributed by atoms with Crippen molar-refractivity contribution in [1.29, 1.82) is 0 Å². The van der Waals surface area contributed by atoms with E-state index in [1.165, 1.54) is 4.90 Å². The molecule has 0 spiro atoms. The average molecular weight is 495 g/mol. The molecule has 3 N–H and O–H groups in total. The van der Waals surface area contributed by atoms with Crippen LogP contribution in [-0.4, -0.2) is 70.8 Å². The Labute approximate surface area is 211 Å². The van der Waals surface area contributed by atoms with Crippen LogP contribution in [0.5, 0.6) is 0 Å². The second-order valence-electron chi connectivity index (χ2n) is 9.09. The van der Waals surface area contributed by atoms with Crippen molar-refractivity contribution in [3.63, 3.8) is 0 Å². The molecule has 2 heterocycles. The molecule has 192 valence electrons. The lowest BCUT2D eigenvalue weighted by molar-refractivity contribution is -0.143. The second-order valence-corrected chi connectivity index (χ2v) is 9.09. The lowest BCUT2D eigenvalue weighted by Gasteiger charge is -2.32. The first-order valence-corrected chi connectivity index (χ1v) is 12.4. The van der Waals surface area contributed by atoms with Gasteiger partial charge in [0, 0.05) is 24.9 Å². The topological polar surface area (TPSA) is 129 Å². The largest absolute Gasteiger partial charge is 0.481 e. The van der Waals surface area contributed by atoms with E-state index >= 15 is 0 Å². The Kier molecular flexibility index (Phi) is 10.6. The molecule has 9 heteroatoms. The molecule has 1 aliphatic heterocycles. The highest BCUT2D eigenvalue weighted by molar-refractivity contribution is 5.94. The summed E-state index contributed by atoms with van der Waals surface area (Å²) in [4.78, 5) is 55.0. The Morgan fingerprint density at radius 2 is 1.78 bits per heavy atom. The van der Waals surface area contributed by atoms with E-state index in [-0.39, 0.29) is 24.9 Å². The number of aryl methyl sites for hydroxylation is 1. The third kappa shape index (κ3) is 8.88. The van der Waals surface area contributed by atoms with Gasteiger partial charge in [0.2, 0.25) is 11.8 Å². The van der Waals surface area contributed by atoms with Gasteiger partial charge in [0.05, 0.1) is 25.6 Å². The number of ketones is 1. The van der Waals surface area contributed by atoms with E-state index in [1.807, 2.05) is 42.5 Å². The number of Topliss-reactive ketones (excluding diaryl/α,β-unsaturated/α-hetero) is 1. The number of amides is 2. The summed E-state index contributed by atoms with van der Waals surface area (Å²) in [5.74, 6) is -2.34. The van der Waals surface area contributed by atoms with Gasteiger partial charge in [0.15, 0.2) is 5.78 Å². The molecule has 36 heavy (non-hydrogen) atoms. The van der Waals surface area contributed by atoms with Crippen molar-refractivity contribution in [3.05, 3.63) is 66.0 Å². The van der Waals surface area contributed by atoms with E-state index in [1.54, 1.807) is 12.4 Å². The Morgan fingerprint density at radius 1 is 1.06 bits per heavy atom. The monoisotopic (exact) mass is 494 g/mol. The number of carbonyl (C=O) groups is 4.